The minimum atomic E-state index is -0.485. The molecule has 0 bridgehead atoms. The third-order valence-electron chi connectivity index (χ3n) is 2.97. The van der Waals surface area contributed by atoms with Gasteiger partial charge in [0.25, 0.3) is 0 Å². The molecule has 6 heteroatoms. The molecule has 2 aromatic rings. The van der Waals surface area contributed by atoms with Crippen LogP contribution in [0.1, 0.15) is 5.69 Å². The Morgan fingerprint density at radius 1 is 1.43 bits per heavy atom. The summed E-state index contributed by atoms with van der Waals surface area (Å²) in [4.78, 5) is 6.64. The van der Waals surface area contributed by atoms with E-state index in [4.69, 9.17) is 16.3 Å². The molecule has 0 amide bonds. The zero-order valence-electron chi connectivity index (χ0n) is 12.1. The van der Waals surface area contributed by atoms with Crippen molar-refractivity contribution in [3.63, 3.8) is 0 Å². The fraction of sp³-hybridized carbons (Fsp3) is 0.400. The number of nitrogens with zero attached hydrogens (tertiary/aromatic N) is 2. The van der Waals surface area contributed by atoms with Crippen LogP contribution in [-0.4, -0.2) is 48.4 Å². The summed E-state index contributed by atoms with van der Waals surface area (Å²) in [5, 5.41) is 13.4. The first-order chi connectivity index (χ1) is 10.1. The number of aromatic nitrogens is 1. The van der Waals surface area contributed by atoms with E-state index < -0.39 is 6.10 Å². The first-order valence-electron chi connectivity index (χ1n) is 6.65. The van der Waals surface area contributed by atoms with Crippen molar-refractivity contribution in [1.29, 1.82) is 0 Å². The van der Waals surface area contributed by atoms with Crippen molar-refractivity contribution in [1.82, 2.24) is 9.88 Å². The van der Waals surface area contributed by atoms with E-state index in [2.05, 4.69) is 4.98 Å². The van der Waals surface area contributed by atoms with Gasteiger partial charge in [-0.2, -0.15) is 0 Å². The summed E-state index contributed by atoms with van der Waals surface area (Å²) in [5.41, 5.74) is 1.93. The van der Waals surface area contributed by atoms with Crippen LogP contribution < -0.4 is 0 Å². The van der Waals surface area contributed by atoms with Crippen LogP contribution in [0.5, 0.6) is 0 Å². The van der Waals surface area contributed by atoms with Gasteiger partial charge in [-0.25, -0.2) is 4.98 Å². The lowest BCUT2D eigenvalue weighted by Gasteiger charge is -2.18. The molecule has 0 spiro atoms. The highest BCUT2D eigenvalue weighted by atomic mass is 35.5. The van der Waals surface area contributed by atoms with E-state index >= 15 is 0 Å². The van der Waals surface area contributed by atoms with E-state index in [-0.39, 0.29) is 0 Å². The minimum Gasteiger partial charge on any atom is -0.389 e. The Morgan fingerprint density at radius 3 is 2.90 bits per heavy atom. The van der Waals surface area contributed by atoms with Crippen LogP contribution in [0.2, 0.25) is 5.02 Å². The number of hydrogen-bond acceptors (Lipinski definition) is 5. The lowest BCUT2D eigenvalue weighted by Crippen LogP contribution is -2.31. The van der Waals surface area contributed by atoms with E-state index in [0.717, 1.165) is 16.3 Å². The van der Waals surface area contributed by atoms with Crippen LogP contribution in [0.3, 0.4) is 0 Å². The molecule has 4 nitrogen and oxygen atoms in total. The van der Waals surface area contributed by atoms with E-state index in [1.807, 2.05) is 41.6 Å². The Morgan fingerprint density at radius 2 is 2.19 bits per heavy atom. The number of hydrogen-bond donors (Lipinski definition) is 1. The standard InChI is InChI=1S/C15H19ClN2O2S/c1-18(8-12(19)9-20-2)7-11-10-21-15(17-11)13-5-3-4-6-14(13)16/h3-6,10,12,19H,7-9H2,1-2H3. The Labute approximate surface area is 134 Å². The van der Waals surface area contributed by atoms with Gasteiger partial charge in [-0.05, 0) is 13.1 Å². The Balaban J connectivity index is 1.99. The van der Waals surface area contributed by atoms with Gasteiger partial charge in [0.1, 0.15) is 5.01 Å². The van der Waals surface area contributed by atoms with E-state index in [1.54, 1.807) is 18.4 Å². The second-order valence-corrected chi connectivity index (χ2v) is 6.20. The normalized spacial score (nSPS) is 12.8. The van der Waals surface area contributed by atoms with Crippen molar-refractivity contribution in [2.45, 2.75) is 12.6 Å². The average Bonchev–Trinajstić information content (AvgIpc) is 2.87. The molecule has 0 aliphatic carbocycles. The highest BCUT2D eigenvalue weighted by molar-refractivity contribution is 7.13. The first-order valence-corrected chi connectivity index (χ1v) is 7.90. The third-order valence-corrected chi connectivity index (χ3v) is 4.22. The van der Waals surface area contributed by atoms with Gasteiger partial charge in [0.05, 0.1) is 23.4 Å². The number of rotatable bonds is 7. The molecule has 1 atom stereocenters. The van der Waals surface area contributed by atoms with Crippen molar-refractivity contribution in [3.05, 3.63) is 40.4 Å². The number of benzene rings is 1. The van der Waals surface area contributed by atoms with Gasteiger partial charge in [-0.1, -0.05) is 29.8 Å². The monoisotopic (exact) mass is 326 g/mol. The first kappa shape index (κ1) is 16.4. The van der Waals surface area contributed by atoms with Gasteiger partial charge < -0.3 is 9.84 Å². The molecule has 114 valence electrons. The molecule has 0 aliphatic rings. The SMILES string of the molecule is COCC(O)CN(C)Cc1csc(-c2ccccc2Cl)n1. The maximum absolute atomic E-state index is 9.72. The zero-order chi connectivity index (χ0) is 15.2. The van der Waals surface area contributed by atoms with Gasteiger partial charge in [0.2, 0.25) is 0 Å². The number of likely N-dealkylation sites (N-methyl/N-ethyl adjacent to an activating group) is 1. The molecule has 1 unspecified atom stereocenters. The molecule has 0 aliphatic heterocycles. The molecule has 1 aromatic carbocycles. The van der Waals surface area contributed by atoms with Crippen LogP contribution in [0.4, 0.5) is 0 Å². The largest absolute Gasteiger partial charge is 0.389 e. The van der Waals surface area contributed by atoms with Gasteiger partial charge in [-0.3, -0.25) is 4.90 Å². The third kappa shape index (κ3) is 4.76. The molecule has 0 fully saturated rings. The summed E-state index contributed by atoms with van der Waals surface area (Å²) >= 11 is 7.77. The molecule has 1 aromatic heterocycles. The van der Waals surface area contributed by atoms with Crippen LogP contribution in [-0.2, 0) is 11.3 Å². The van der Waals surface area contributed by atoms with Crippen molar-refractivity contribution >= 4 is 22.9 Å². The van der Waals surface area contributed by atoms with Gasteiger partial charge in [0, 0.05) is 31.1 Å². The van der Waals surface area contributed by atoms with Gasteiger partial charge in [-0.15, -0.1) is 11.3 Å². The molecule has 0 radical (unpaired) electrons. The number of methoxy groups -OCH3 is 1. The molecule has 21 heavy (non-hydrogen) atoms. The quantitative estimate of drug-likeness (QED) is 0.849. The highest BCUT2D eigenvalue weighted by Gasteiger charge is 2.12. The van der Waals surface area contributed by atoms with Gasteiger partial charge >= 0.3 is 0 Å². The molecule has 0 saturated carbocycles. The zero-order valence-corrected chi connectivity index (χ0v) is 13.7. The predicted octanol–water partition coefficient (Wildman–Crippen LogP) is 2.90. The molecular formula is C15H19ClN2O2S. The van der Waals surface area contributed by atoms with Gasteiger partial charge in [0.15, 0.2) is 0 Å². The van der Waals surface area contributed by atoms with Crippen molar-refractivity contribution in [2.75, 3.05) is 27.3 Å². The van der Waals surface area contributed by atoms with Crippen LogP contribution in [0.15, 0.2) is 29.6 Å². The van der Waals surface area contributed by atoms with Crippen LogP contribution in [0, 0.1) is 0 Å². The predicted molar refractivity (Wildman–Crippen MR) is 86.8 cm³/mol. The second kappa shape index (κ2) is 7.87. The van der Waals surface area contributed by atoms with E-state index in [1.165, 1.54) is 0 Å². The summed E-state index contributed by atoms with van der Waals surface area (Å²) in [6, 6.07) is 7.70. The van der Waals surface area contributed by atoms with E-state index in [9.17, 15) is 5.11 Å². The van der Waals surface area contributed by atoms with Crippen LogP contribution >= 0.6 is 22.9 Å². The summed E-state index contributed by atoms with van der Waals surface area (Å²) in [6.07, 6.45) is -0.485. The van der Waals surface area contributed by atoms with Crippen molar-refractivity contribution < 1.29 is 9.84 Å². The topological polar surface area (TPSA) is 45.6 Å². The Kier molecular flexibility index (Phi) is 6.14. The lowest BCUT2D eigenvalue weighted by atomic mass is 10.2. The number of thiazole rings is 1. The Hall–Kier alpha value is -0.980. The summed E-state index contributed by atoms with van der Waals surface area (Å²) in [6.45, 7) is 1.57. The molecule has 0 saturated heterocycles. The summed E-state index contributed by atoms with van der Waals surface area (Å²) < 4.78 is 4.92. The maximum Gasteiger partial charge on any atom is 0.125 e. The highest BCUT2D eigenvalue weighted by Crippen LogP contribution is 2.30. The number of halogens is 1. The number of aliphatic hydroxyl groups excluding tert-OH is 1. The lowest BCUT2D eigenvalue weighted by molar-refractivity contribution is 0.0417. The number of ether oxygens (including phenoxy) is 1. The van der Waals surface area contributed by atoms with E-state index in [0.29, 0.717) is 24.7 Å². The van der Waals surface area contributed by atoms with Crippen molar-refractivity contribution in [2.24, 2.45) is 0 Å². The average molecular weight is 327 g/mol. The molecule has 2 rings (SSSR count). The number of aliphatic hydroxyl groups is 1. The second-order valence-electron chi connectivity index (χ2n) is 4.93. The maximum atomic E-state index is 9.72. The fourth-order valence-electron chi connectivity index (χ4n) is 2.08. The summed E-state index contributed by atoms with van der Waals surface area (Å²) in [5.74, 6) is 0. The smallest absolute Gasteiger partial charge is 0.125 e. The molecular weight excluding hydrogens is 308 g/mol. The summed E-state index contributed by atoms with van der Waals surface area (Å²) in [7, 11) is 3.53. The molecule has 1 heterocycles. The Bertz CT molecular complexity index is 576. The van der Waals surface area contributed by atoms with Crippen molar-refractivity contribution in [3.8, 4) is 10.6 Å². The fourth-order valence-corrected chi connectivity index (χ4v) is 3.22. The van der Waals surface area contributed by atoms with Crippen LogP contribution in [0.25, 0.3) is 10.6 Å². The minimum absolute atomic E-state index is 0.340. The molecule has 1 N–H and O–H groups in total.